The molecule has 1 aromatic carbocycles. The molecule has 0 saturated carbocycles. The van der Waals surface area contributed by atoms with Crippen LogP contribution in [0.5, 0.6) is 0 Å². The smallest absolute Gasteiger partial charge is 0.307 e. The van der Waals surface area contributed by atoms with Gasteiger partial charge < -0.3 is 5.11 Å². The molecule has 1 aromatic rings. The van der Waals surface area contributed by atoms with Crippen molar-refractivity contribution in [3.05, 3.63) is 29.8 Å². The van der Waals surface area contributed by atoms with Crippen LogP contribution in [-0.2, 0) is 14.8 Å². The summed E-state index contributed by atoms with van der Waals surface area (Å²) < 4.78 is 26.2. The Kier molecular flexibility index (Phi) is 4.06. The van der Waals surface area contributed by atoms with Gasteiger partial charge in [0.1, 0.15) is 6.07 Å². The fourth-order valence-electron chi connectivity index (χ4n) is 2.29. The monoisotopic (exact) mass is 294 g/mol. The first-order valence-corrected chi connectivity index (χ1v) is 7.63. The van der Waals surface area contributed by atoms with Gasteiger partial charge in [0, 0.05) is 13.1 Å². The second-order valence-corrected chi connectivity index (χ2v) is 6.55. The molecule has 1 aliphatic rings. The lowest BCUT2D eigenvalue weighted by Crippen LogP contribution is -2.42. The predicted octanol–water partition coefficient (Wildman–Crippen LogP) is 1.04. The third-order valence-electron chi connectivity index (χ3n) is 3.36. The second-order valence-electron chi connectivity index (χ2n) is 4.65. The second kappa shape index (κ2) is 5.61. The van der Waals surface area contributed by atoms with Gasteiger partial charge in [-0.25, -0.2) is 8.42 Å². The van der Waals surface area contributed by atoms with E-state index in [4.69, 9.17) is 10.4 Å². The summed E-state index contributed by atoms with van der Waals surface area (Å²) in [5, 5.41) is 18.0. The molecule has 0 radical (unpaired) electrons. The summed E-state index contributed by atoms with van der Waals surface area (Å²) in [5.74, 6) is -1.67. The first-order valence-electron chi connectivity index (χ1n) is 6.19. The van der Waals surface area contributed by atoms with Crippen molar-refractivity contribution < 1.29 is 18.3 Å². The van der Waals surface area contributed by atoms with E-state index in [0.29, 0.717) is 12.8 Å². The quantitative estimate of drug-likeness (QED) is 0.898. The Balaban J connectivity index is 2.35. The Bertz CT molecular complexity index is 663. The highest BCUT2D eigenvalue weighted by Crippen LogP contribution is 2.25. The number of aliphatic carboxylic acids is 1. The lowest BCUT2D eigenvalue weighted by molar-refractivity contribution is -0.142. The van der Waals surface area contributed by atoms with E-state index in [1.54, 1.807) is 12.1 Å². The largest absolute Gasteiger partial charge is 0.481 e. The number of carboxylic acids is 1. The highest BCUT2D eigenvalue weighted by atomic mass is 32.2. The molecule has 1 unspecified atom stereocenters. The van der Waals surface area contributed by atoms with Crippen LogP contribution in [0, 0.1) is 17.2 Å². The molecule has 0 amide bonds. The molecule has 1 atom stereocenters. The molecule has 2 rings (SSSR count). The normalized spacial score (nSPS) is 20.2. The summed E-state index contributed by atoms with van der Waals surface area (Å²) in [4.78, 5) is 11.0. The van der Waals surface area contributed by atoms with E-state index in [0.717, 1.165) is 4.31 Å². The number of benzene rings is 1. The van der Waals surface area contributed by atoms with Crippen molar-refractivity contribution >= 4 is 16.0 Å². The van der Waals surface area contributed by atoms with Gasteiger partial charge in [0.25, 0.3) is 0 Å². The van der Waals surface area contributed by atoms with Gasteiger partial charge in [0.15, 0.2) is 0 Å². The molecular weight excluding hydrogens is 280 g/mol. The highest BCUT2D eigenvalue weighted by Gasteiger charge is 2.34. The number of carboxylic acid groups (broad SMARTS) is 1. The molecule has 0 bridgehead atoms. The number of carbonyl (C=O) groups is 1. The van der Waals surface area contributed by atoms with Crippen molar-refractivity contribution in [2.75, 3.05) is 13.1 Å². The van der Waals surface area contributed by atoms with Crippen molar-refractivity contribution in [3.8, 4) is 6.07 Å². The molecular formula is C13H14N2O4S. The van der Waals surface area contributed by atoms with Gasteiger partial charge in [-0.2, -0.15) is 9.57 Å². The molecule has 20 heavy (non-hydrogen) atoms. The standard InChI is InChI=1S/C13H14N2O4S/c14-8-10-4-1-2-6-12(10)20(18,19)15-7-3-5-11(9-15)13(16)17/h1-2,4,6,11H,3,5,7,9H2,(H,16,17). The molecule has 0 spiro atoms. The van der Waals surface area contributed by atoms with Crippen molar-refractivity contribution in [1.82, 2.24) is 4.31 Å². The van der Waals surface area contributed by atoms with Gasteiger partial charge in [-0.05, 0) is 25.0 Å². The van der Waals surface area contributed by atoms with Crippen LogP contribution < -0.4 is 0 Å². The van der Waals surface area contributed by atoms with Gasteiger partial charge in [0.2, 0.25) is 10.0 Å². The predicted molar refractivity (Wildman–Crippen MR) is 70.3 cm³/mol. The van der Waals surface area contributed by atoms with Crippen molar-refractivity contribution in [2.45, 2.75) is 17.7 Å². The van der Waals surface area contributed by atoms with E-state index in [-0.39, 0.29) is 23.5 Å². The molecule has 106 valence electrons. The summed E-state index contributed by atoms with van der Waals surface area (Å²) in [6, 6.07) is 7.80. The first kappa shape index (κ1) is 14.5. The third kappa shape index (κ3) is 2.66. The molecule has 0 aromatic heterocycles. The molecule has 1 aliphatic heterocycles. The van der Waals surface area contributed by atoms with Gasteiger partial charge in [-0.3, -0.25) is 4.79 Å². The Morgan fingerprint density at radius 2 is 2.10 bits per heavy atom. The van der Waals surface area contributed by atoms with Crippen molar-refractivity contribution in [2.24, 2.45) is 5.92 Å². The van der Waals surface area contributed by atoms with Crippen LogP contribution >= 0.6 is 0 Å². The average molecular weight is 294 g/mol. The van der Waals surface area contributed by atoms with Gasteiger partial charge >= 0.3 is 5.97 Å². The van der Waals surface area contributed by atoms with E-state index >= 15 is 0 Å². The van der Waals surface area contributed by atoms with Crippen molar-refractivity contribution in [3.63, 3.8) is 0 Å². The zero-order valence-electron chi connectivity index (χ0n) is 10.7. The molecule has 6 nitrogen and oxygen atoms in total. The number of rotatable bonds is 3. The SMILES string of the molecule is N#Cc1ccccc1S(=O)(=O)N1CCCC(C(=O)O)C1. The Morgan fingerprint density at radius 1 is 1.40 bits per heavy atom. The summed E-state index contributed by atoms with van der Waals surface area (Å²) >= 11 is 0. The minimum Gasteiger partial charge on any atom is -0.481 e. The van der Waals surface area contributed by atoms with E-state index in [2.05, 4.69) is 0 Å². The van der Waals surface area contributed by atoms with Crippen molar-refractivity contribution in [1.29, 1.82) is 5.26 Å². The Labute approximate surface area is 117 Å². The van der Waals surface area contributed by atoms with Crippen LogP contribution in [0.2, 0.25) is 0 Å². The van der Waals surface area contributed by atoms with Crippen LogP contribution in [0.1, 0.15) is 18.4 Å². The molecule has 0 aliphatic carbocycles. The topological polar surface area (TPSA) is 98.5 Å². The Morgan fingerprint density at radius 3 is 2.75 bits per heavy atom. The number of hydrogen-bond donors (Lipinski definition) is 1. The van der Waals surface area contributed by atoms with Gasteiger partial charge in [-0.15, -0.1) is 0 Å². The van der Waals surface area contributed by atoms with E-state index in [1.807, 2.05) is 6.07 Å². The highest BCUT2D eigenvalue weighted by molar-refractivity contribution is 7.89. The minimum atomic E-state index is -3.82. The molecule has 1 N–H and O–H groups in total. The lowest BCUT2D eigenvalue weighted by atomic mass is 10.0. The fourth-order valence-corrected chi connectivity index (χ4v) is 3.95. The number of nitriles is 1. The summed E-state index contributed by atoms with van der Waals surface area (Å²) in [6.07, 6.45) is 0.978. The molecule has 1 saturated heterocycles. The van der Waals surface area contributed by atoms with E-state index in [9.17, 15) is 13.2 Å². The maximum atomic E-state index is 12.5. The summed E-state index contributed by atoms with van der Waals surface area (Å²) in [5.41, 5.74) is 0.0740. The zero-order chi connectivity index (χ0) is 14.8. The van der Waals surface area contributed by atoms with E-state index < -0.39 is 21.9 Å². The number of sulfonamides is 1. The minimum absolute atomic E-state index is 0.0442. The maximum Gasteiger partial charge on any atom is 0.307 e. The molecule has 1 fully saturated rings. The van der Waals surface area contributed by atoms with Gasteiger partial charge in [0.05, 0.1) is 16.4 Å². The maximum absolute atomic E-state index is 12.5. The number of piperidine rings is 1. The third-order valence-corrected chi connectivity index (χ3v) is 5.28. The van der Waals surface area contributed by atoms with Crippen LogP contribution in [-0.4, -0.2) is 36.9 Å². The fraction of sp³-hybridized carbons (Fsp3) is 0.385. The lowest BCUT2D eigenvalue weighted by Gasteiger charge is -2.30. The number of nitrogens with zero attached hydrogens (tertiary/aromatic N) is 2. The number of hydrogen-bond acceptors (Lipinski definition) is 4. The van der Waals surface area contributed by atoms with Crippen LogP contribution in [0.4, 0.5) is 0 Å². The summed E-state index contributed by atoms with van der Waals surface area (Å²) in [6.45, 7) is 0.239. The molecule has 1 heterocycles. The van der Waals surface area contributed by atoms with Crippen LogP contribution in [0.3, 0.4) is 0 Å². The first-order chi connectivity index (χ1) is 9.46. The Hall–Kier alpha value is -1.91. The van der Waals surface area contributed by atoms with Gasteiger partial charge in [-0.1, -0.05) is 12.1 Å². The zero-order valence-corrected chi connectivity index (χ0v) is 11.5. The average Bonchev–Trinajstić information content (AvgIpc) is 2.47. The summed E-state index contributed by atoms with van der Waals surface area (Å²) in [7, 11) is -3.82. The van der Waals surface area contributed by atoms with E-state index in [1.165, 1.54) is 12.1 Å². The van der Waals surface area contributed by atoms with Crippen LogP contribution in [0.15, 0.2) is 29.2 Å². The van der Waals surface area contributed by atoms with Crippen LogP contribution in [0.25, 0.3) is 0 Å². The molecule has 7 heteroatoms.